The van der Waals surface area contributed by atoms with E-state index >= 15 is 0 Å². The molecule has 1 aromatic heterocycles. The Hall–Kier alpha value is -1.80. The molecule has 0 unspecified atom stereocenters. The van der Waals surface area contributed by atoms with Crippen LogP contribution in [0.5, 0.6) is 0 Å². The summed E-state index contributed by atoms with van der Waals surface area (Å²) in [6.45, 7) is 4.83. The third-order valence-corrected chi connectivity index (χ3v) is 7.30. The van der Waals surface area contributed by atoms with E-state index in [1.807, 2.05) is 6.20 Å². The quantitative estimate of drug-likeness (QED) is 0.674. The van der Waals surface area contributed by atoms with Crippen molar-refractivity contribution in [3.63, 3.8) is 0 Å². The fourth-order valence-electron chi connectivity index (χ4n) is 2.46. The molecule has 3 rings (SSSR count). The first kappa shape index (κ1) is 11.3. The highest BCUT2D eigenvalue weighted by Crippen LogP contribution is 2.13. The zero-order valence-corrected chi connectivity index (χ0v) is 11.8. The second-order valence-corrected chi connectivity index (χ2v) is 9.68. The van der Waals surface area contributed by atoms with Crippen molar-refractivity contribution in [2.24, 2.45) is 0 Å². The van der Waals surface area contributed by atoms with Crippen molar-refractivity contribution in [2.75, 3.05) is 0 Å². The van der Waals surface area contributed by atoms with Crippen molar-refractivity contribution < 1.29 is 0 Å². The number of hydrogen-bond donors (Lipinski definition) is 1. The van der Waals surface area contributed by atoms with Crippen molar-refractivity contribution in [3.8, 4) is 0 Å². The van der Waals surface area contributed by atoms with Gasteiger partial charge in [-0.1, -0.05) is 65.9 Å². The zero-order chi connectivity index (χ0) is 12.6. The number of benzene rings is 2. The smallest absolute Gasteiger partial charge is 0.112 e. The Labute approximate surface area is 108 Å². The first-order chi connectivity index (χ1) is 8.68. The molecule has 0 spiro atoms. The molecular formula is C16H17NSi. The summed E-state index contributed by atoms with van der Waals surface area (Å²) in [5.74, 6) is 0. The molecule has 3 aromatic rings. The predicted octanol–water partition coefficient (Wildman–Crippen LogP) is 2.99. The van der Waals surface area contributed by atoms with Gasteiger partial charge < -0.3 is 4.98 Å². The Balaban J connectivity index is 2.12. The van der Waals surface area contributed by atoms with Gasteiger partial charge >= 0.3 is 0 Å². The summed E-state index contributed by atoms with van der Waals surface area (Å²) in [5, 5.41) is 4.28. The van der Waals surface area contributed by atoms with E-state index in [9.17, 15) is 0 Å². The molecule has 0 saturated carbocycles. The minimum absolute atomic E-state index is 1.22. The molecule has 0 aliphatic carbocycles. The molecule has 0 bridgehead atoms. The van der Waals surface area contributed by atoms with Gasteiger partial charge in [0.2, 0.25) is 0 Å². The van der Waals surface area contributed by atoms with Crippen molar-refractivity contribution in [1.82, 2.24) is 4.98 Å². The lowest BCUT2D eigenvalue weighted by atomic mass is 10.2. The first-order valence-electron chi connectivity index (χ1n) is 6.31. The van der Waals surface area contributed by atoms with Gasteiger partial charge in [-0.05, 0) is 17.5 Å². The van der Waals surface area contributed by atoms with Crippen molar-refractivity contribution in [2.45, 2.75) is 13.1 Å². The van der Waals surface area contributed by atoms with Crippen LogP contribution >= 0.6 is 0 Å². The fraction of sp³-hybridized carbons (Fsp3) is 0.125. The topological polar surface area (TPSA) is 15.8 Å². The molecule has 0 saturated heterocycles. The molecule has 2 aromatic carbocycles. The van der Waals surface area contributed by atoms with Gasteiger partial charge in [-0.15, -0.1) is 0 Å². The number of rotatable bonds is 2. The van der Waals surface area contributed by atoms with E-state index in [2.05, 4.69) is 72.7 Å². The molecule has 2 heteroatoms. The molecule has 0 atom stereocenters. The summed E-state index contributed by atoms with van der Waals surface area (Å²) in [6, 6.07) is 19.8. The van der Waals surface area contributed by atoms with Crippen LogP contribution in [0.3, 0.4) is 0 Å². The standard InChI is InChI=1S/C16H17NSi/c1-18(2,14-6-4-3-5-7-14)15-8-9-16-13(12-15)10-11-17-16/h3-12,17H,1-2H3. The van der Waals surface area contributed by atoms with Gasteiger partial charge in [0.15, 0.2) is 0 Å². The number of H-pyrrole nitrogens is 1. The van der Waals surface area contributed by atoms with Gasteiger partial charge in [-0.3, -0.25) is 0 Å². The molecule has 0 aliphatic rings. The molecule has 1 heterocycles. The maximum atomic E-state index is 3.25. The van der Waals surface area contributed by atoms with Crippen molar-refractivity contribution in [1.29, 1.82) is 0 Å². The minimum atomic E-state index is -1.56. The van der Waals surface area contributed by atoms with Crippen molar-refractivity contribution >= 4 is 29.4 Å². The van der Waals surface area contributed by atoms with Crippen LogP contribution in [0.1, 0.15) is 0 Å². The van der Waals surface area contributed by atoms with Gasteiger partial charge in [0.25, 0.3) is 0 Å². The lowest BCUT2D eigenvalue weighted by molar-refractivity contribution is 1.48. The van der Waals surface area contributed by atoms with Crippen LogP contribution in [0.4, 0.5) is 0 Å². The monoisotopic (exact) mass is 251 g/mol. The minimum Gasteiger partial charge on any atom is -0.361 e. The van der Waals surface area contributed by atoms with E-state index in [1.165, 1.54) is 21.3 Å². The fourth-order valence-corrected chi connectivity index (χ4v) is 4.84. The summed E-state index contributed by atoms with van der Waals surface area (Å²) >= 11 is 0. The van der Waals surface area contributed by atoms with Crippen LogP contribution in [0.15, 0.2) is 60.8 Å². The van der Waals surface area contributed by atoms with Gasteiger partial charge in [0, 0.05) is 11.7 Å². The number of fused-ring (bicyclic) bond motifs is 1. The van der Waals surface area contributed by atoms with E-state index < -0.39 is 8.07 Å². The summed E-state index contributed by atoms with van der Waals surface area (Å²) in [7, 11) is -1.56. The summed E-state index contributed by atoms with van der Waals surface area (Å²) in [5.41, 5.74) is 1.22. The molecule has 0 radical (unpaired) electrons. The molecule has 18 heavy (non-hydrogen) atoms. The van der Waals surface area contributed by atoms with Gasteiger partial charge in [0.05, 0.1) is 0 Å². The van der Waals surface area contributed by atoms with Gasteiger partial charge in [-0.25, -0.2) is 0 Å². The largest absolute Gasteiger partial charge is 0.361 e. The van der Waals surface area contributed by atoms with Crippen molar-refractivity contribution in [3.05, 3.63) is 60.8 Å². The number of aromatic nitrogens is 1. The Morgan fingerprint density at radius 1 is 0.833 bits per heavy atom. The van der Waals surface area contributed by atoms with Crippen LogP contribution in [0.25, 0.3) is 10.9 Å². The van der Waals surface area contributed by atoms with E-state index in [0.29, 0.717) is 0 Å². The lowest BCUT2D eigenvalue weighted by Crippen LogP contribution is -2.52. The van der Waals surface area contributed by atoms with Crippen LogP contribution in [-0.2, 0) is 0 Å². The molecule has 0 aliphatic heterocycles. The Kier molecular flexibility index (Phi) is 2.60. The molecule has 90 valence electrons. The number of hydrogen-bond acceptors (Lipinski definition) is 0. The predicted molar refractivity (Wildman–Crippen MR) is 81.5 cm³/mol. The van der Waals surface area contributed by atoms with Crippen LogP contribution in [0, 0.1) is 0 Å². The van der Waals surface area contributed by atoms with Gasteiger partial charge in [0.1, 0.15) is 8.07 Å². The Morgan fingerprint density at radius 2 is 1.61 bits per heavy atom. The molecule has 0 fully saturated rings. The maximum absolute atomic E-state index is 3.25. The summed E-state index contributed by atoms with van der Waals surface area (Å²) < 4.78 is 0. The molecular weight excluding hydrogens is 234 g/mol. The lowest BCUT2D eigenvalue weighted by Gasteiger charge is -2.23. The normalized spacial score (nSPS) is 11.9. The molecule has 1 N–H and O–H groups in total. The average molecular weight is 251 g/mol. The van der Waals surface area contributed by atoms with Gasteiger partial charge in [-0.2, -0.15) is 0 Å². The SMILES string of the molecule is C[Si](C)(c1ccccc1)c1ccc2[nH]ccc2c1. The molecule has 0 amide bonds. The highest BCUT2D eigenvalue weighted by atomic mass is 28.3. The Morgan fingerprint density at radius 3 is 2.39 bits per heavy atom. The summed E-state index contributed by atoms with van der Waals surface area (Å²) in [4.78, 5) is 3.25. The molecule has 1 nitrogen and oxygen atoms in total. The van der Waals surface area contributed by atoms with Crippen LogP contribution < -0.4 is 10.4 Å². The maximum Gasteiger partial charge on any atom is 0.112 e. The second kappa shape index (κ2) is 4.14. The third-order valence-electron chi connectivity index (χ3n) is 3.77. The third kappa shape index (κ3) is 1.79. The first-order valence-corrected chi connectivity index (χ1v) is 9.31. The number of nitrogens with one attached hydrogen (secondary N) is 1. The Bertz CT molecular complexity index is 668. The highest BCUT2D eigenvalue weighted by Gasteiger charge is 2.25. The second-order valence-electron chi connectivity index (χ2n) is 5.27. The van der Waals surface area contributed by atoms with E-state index in [0.717, 1.165) is 0 Å². The van der Waals surface area contributed by atoms with E-state index in [1.54, 1.807) is 0 Å². The van der Waals surface area contributed by atoms with E-state index in [4.69, 9.17) is 0 Å². The van der Waals surface area contributed by atoms with Crippen LogP contribution in [-0.4, -0.2) is 13.1 Å². The van der Waals surface area contributed by atoms with E-state index in [-0.39, 0.29) is 0 Å². The van der Waals surface area contributed by atoms with Crippen LogP contribution in [0.2, 0.25) is 13.1 Å². The summed E-state index contributed by atoms with van der Waals surface area (Å²) in [6.07, 6.45) is 2.01. The highest BCUT2D eigenvalue weighted by molar-refractivity contribution is 7.00. The number of aromatic amines is 1. The average Bonchev–Trinajstić information content (AvgIpc) is 2.87. The zero-order valence-electron chi connectivity index (χ0n) is 10.8.